The van der Waals surface area contributed by atoms with Crippen molar-refractivity contribution in [2.75, 3.05) is 11.9 Å². The molecule has 18 heavy (non-hydrogen) atoms. The lowest BCUT2D eigenvalue weighted by molar-refractivity contribution is 0.340. The van der Waals surface area contributed by atoms with Crippen molar-refractivity contribution in [1.82, 2.24) is 9.97 Å². The molecule has 0 atom stereocenters. The largest absolute Gasteiger partial charge is 0.494 e. The number of hydrogen-bond acceptors (Lipinski definition) is 4. The Bertz CT molecular complexity index is 576. The molecule has 0 radical (unpaired) electrons. The Labute approximate surface area is 105 Å². The van der Waals surface area contributed by atoms with Crippen molar-refractivity contribution in [2.24, 2.45) is 0 Å². The molecule has 0 fully saturated rings. The van der Waals surface area contributed by atoms with E-state index in [0.29, 0.717) is 18.2 Å². The van der Waals surface area contributed by atoms with Gasteiger partial charge in [-0.1, -0.05) is 0 Å². The van der Waals surface area contributed by atoms with E-state index in [4.69, 9.17) is 4.74 Å². The van der Waals surface area contributed by atoms with Gasteiger partial charge in [0.25, 0.3) is 5.56 Å². The van der Waals surface area contributed by atoms with Crippen LogP contribution in [0.4, 0.5) is 11.6 Å². The minimum absolute atomic E-state index is 0.170. The molecule has 0 spiro atoms. The molecule has 2 aromatic rings. The summed E-state index contributed by atoms with van der Waals surface area (Å²) in [4.78, 5) is 18.1. The van der Waals surface area contributed by atoms with Crippen molar-refractivity contribution < 1.29 is 4.74 Å². The highest BCUT2D eigenvalue weighted by Gasteiger charge is 1.99. The lowest BCUT2D eigenvalue weighted by Gasteiger charge is -2.07. The molecule has 0 amide bonds. The molecule has 0 aliphatic carbocycles. The van der Waals surface area contributed by atoms with E-state index in [1.807, 2.05) is 31.2 Å². The Kier molecular flexibility index (Phi) is 3.62. The average Bonchev–Trinajstić information content (AvgIpc) is 2.31. The zero-order valence-electron chi connectivity index (χ0n) is 10.4. The Balaban J connectivity index is 2.15. The van der Waals surface area contributed by atoms with Crippen molar-refractivity contribution in [2.45, 2.75) is 13.8 Å². The summed E-state index contributed by atoms with van der Waals surface area (Å²) in [5.74, 6) is 1.25. The predicted octanol–water partition coefficient (Wildman–Crippen LogP) is 2.22. The van der Waals surface area contributed by atoms with Gasteiger partial charge in [0.1, 0.15) is 5.75 Å². The van der Waals surface area contributed by atoms with Crippen LogP contribution in [0.3, 0.4) is 0 Å². The molecule has 94 valence electrons. The van der Waals surface area contributed by atoms with E-state index in [1.165, 1.54) is 6.07 Å². The molecule has 1 aromatic carbocycles. The standard InChI is InChI=1S/C13H15N3O2/c1-3-18-11-6-4-10(5-7-11)15-13-14-9(2)8-12(17)16-13/h4-8H,3H2,1-2H3,(H2,14,15,16,17). The topological polar surface area (TPSA) is 67.0 Å². The minimum atomic E-state index is -0.170. The van der Waals surface area contributed by atoms with Crippen LogP contribution in [0.5, 0.6) is 5.75 Å². The highest BCUT2D eigenvalue weighted by atomic mass is 16.5. The van der Waals surface area contributed by atoms with Crippen LogP contribution in [0.25, 0.3) is 0 Å². The highest BCUT2D eigenvalue weighted by Crippen LogP contribution is 2.17. The first-order valence-corrected chi connectivity index (χ1v) is 5.75. The van der Waals surface area contributed by atoms with E-state index >= 15 is 0 Å². The van der Waals surface area contributed by atoms with Crippen molar-refractivity contribution in [1.29, 1.82) is 0 Å². The fourth-order valence-corrected chi connectivity index (χ4v) is 1.58. The van der Waals surface area contributed by atoms with Gasteiger partial charge in [0.15, 0.2) is 0 Å². The Morgan fingerprint density at radius 3 is 2.67 bits per heavy atom. The molecule has 1 heterocycles. The first-order valence-electron chi connectivity index (χ1n) is 5.75. The molecule has 5 heteroatoms. The number of nitrogens with one attached hydrogen (secondary N) is 2. The summed E-state index contributed by atoms with van der Waals surface area (Å²) in [7, 11) is 0. The summed E-state index contributed by atoms with van der Waals surface area (Å²) >= 11 is 0. The number of H-pyrrole nitrogens is 1. The maximum Gasteiger partial charge on any atom is 0.252 e. The van der Waals surface area contributed by atoms with E-state index in [2.05, 4.69) is 15.3 Å². The van der Waals surface area contributed by atoms with Gasteiger partial charge in [-0.2, -0.15) is 0 Å². The number of aromatic nitrogens is 2. The molecule has 0 aliphatic rings. The van der Waals surface area contributed by atoms with Crippen molar-refractivity contribution in [3.8, 4) is 5.75 Å². The van der Waals surface area contributed by atoms with Crippen LogP contribution >= 0.6 is 0 Å². The Morgan fingerprint density at radius 1 is 1.33 bits per heavy atom. The number of aryl methyl sites for hydroxylation is 1. The van der Waals surface area contributed by atoms with Crippen molar-refractivity contribution >= 4 is 11.6 Å². The third kappa shape index (κ3) is 3.10. The molecule has 1 aromatic heterocycles. The second-order valence-corrected chi connectivity index (χ2v) is 3.82. The molecule has 0 unspecified atom stereocenters. The van der Waals surface area contributed by atoms with Gasteiger partial charge in [-0.15, -0.1) is 0 Å². The van der Waals surface area contributed by atoms with E-state index < -0.39 is 0 Å². The Morgan fingerprint density at radius 2 is 2.06 bits per heavy atom. The number of rotatable bonds is 4. The zero-order valence-corrected chi connectivity index (χ0v) is 10.4. The molecule has 2 N–H and O–H groups in total. The van der Waals surface area contributed by atoms with Crippen LogP contribution in [0, 0.1) is 6.92 Å². The van der Waals surface area contributed by atoms with Gasteiger partial charge < -0.3 is 10.1 Å². The van der Waals surface area contributed by atoms with Gasteiger partial charge in [-0.05, 0) is 38.1 Å². The normalized spacial score (nSPS) is 10.1. The van der Waals surface area contributed by atoms with Gasteiger partial charge in [0.2, 0.25) is 5.95 Å². The molecule has 0 bridgehead atoms. The van der Waals surface area contributed by atoms with E-state index in [-0.39, 0.29) is 5.56 Å². The summed E-state index contributed by atoms with van der Waals surface area (Å²) in [5, 5.41) is 3.03. The van der Waals surface area contributed by atoms with E-state index in [9.17, 15) is 4.79 Å². The molecule has 0 saturated heterocycles. The highest BCUT2D eigenvalue weighted by molar-refractivity contribution is 5.54. The van der Waals surface area contributed by atoms with Crippen LogP contribution in [0.2, 0.25) is 0 Å². The summed E-state index contributed by atoms with van der Waals surface area (Å²) in [6.07, 6.45) is 0. The molecular weight excluding hydrogens is 230 g/mol. The van der Waals surface area contributed by atoms with Gasteiger partial charge in [-0.3, -0.25) is 9.78 Å². The fourth-order valence-electron chi connectivity index (χ4n) is 1.58. The third-order valence-corrected chi connectivity index (χ3v) is 2.30. The van der Waals surface area contributed by atoms with Crippen LogP contribution < -0.4 is 15.6 Å². The van der Waals surface area contributed by atoms with Crippen LogP contribution in [0.1, 0.15) is 12.6 Å². The van der Waals surface area contributed by atoms with Crippen LogP contribution in [-0.4, -0.2) is 16.6 Å². The summed E-state index contributed by atoms with van der Waals surface area (Å²) in [5.41, 5.74) is 1.34. The number of benzene rings is 1. The van der Waals surface area contributed by atoms with Gasteiger partial charge in [0.05, 0.1) is 6.61 Å². The second kappa shape index (κ2) is 5.35. The number of anilines is 2. The number of nitrogens with zero attached hydrogens (tertiary/aromatic N) is 1. The predicted molar refractivity (Wildman–Crippen MR) is 70.5 cm³/mol. The average molecular weight is 245 g/mol. The fraction of sp³-hybridized carbons (Fsp3) is 0.231. The van der Waals surface area contributed by atoms with Gasteiger partial charge in [-0.25, -0.2) is 4.98 Å². The van der Waals surface area contributed by atoms with E-state index in [0.717, 1.165) is 11.4 Å². The second-order valence-electron chi connectivity index (χ2n) is 3.82. The van der Waals surface area contributed by atoms with Crippen molar-refractivity contribution in [3.63, 3.8) is 0 Å². The quantitative estimate of drug-likeness (QED) is 0.866. The molecular formula is C13H15N3O2. The first-order chi connectivity index (χ1) is 8.67. The number of hydrogen-bond donors (Lipinski definition) is 2. The monoisotopic (exact) mass is 245 g/mol. The lowest BCUT2D eigenvalue weighted by Crippen LogP contribution is -2.10. The Hall–Kier alpha value is -2.30. The van der Waals surface area contributed by atoms with Crippen LogP contribution in [-0.2, 0) is 0 Å². The summed E-state index contributed by atoms with van der Waals surface area (Å²) < 4.78 is 5.35. The number of ether oxygens (including phenoxy) is 1. The molecule has 0 saturated carbocycles. The molecule has 0 aliphatic heterocycles. The zero-order chi connectivity index (χ0) is 13.0. The maximum atomic E-state index is 11.3. The number of aromatic amines is 1. The van der Waals surface area contributed by atoms with E-state index in [1.54, 1.807) is 6.92 Å². The maximum absolute atomic E-state index is 11.3. The van der Waals surface area contributed by atoms with Gasteiger partial charge >= 0.3 is 0 Å². The lowest BCUT2D eigenvalue weighted by atomic mass is 10.3. The van der Waals surface area contributed by atoms with Gasteiger partial charge in [0, 0.05) is 17.4 Å². The molecule has 2 rings (SSSR count). The SMILES string of the molecule is CCOc1ccc(Nc2nc(C)cc(=O)[nH]2)cc1. The molecule has 5 nitrogen and oxygen atoms in total. The minimum Gasteiger partial charge on any atom is -0.494 e. The first kappa shape index (κ1) is 12.2. The smallest absolute Gasteiger partial charge is 0.252 e. The third-order valence-electron chi connectivity index (χ3n) is 2.30. The summed E-state index contributed by atoms with van der Waals surface area (Å²) in [6.45, 7) is 4.35. The van der Waals surface area contributed by atoms with Crippen LogP contribution in [0.15, 0.2) is 35.1 Å². The van der Waals surface area contributed by atoms with Crippen molar-refractivity contribution in [3.05, 3.63) is 46.4 Å². The summed E-state index contributed by atoms with van der Waals surface area (Å²) in [6, 6.07) is 8.91.